The van der Waals surface area contributed by atoms with Crippen molar-refractivity contribution in [2.75, 3.05) is 24.7 Å². The lowest BCUT2D eigenvalue weighted by Crippen LogP contribution is -2.49. The topological polar surface area (TPSA) is 116 Å². The van der Waals surface area contributed by atoms with Gasteiger partial charge in [0.2, 0.25) is 5.91 Å². The Labute approximate surface area is 228 Å². The SMILES string of the molecule is CS(=O)(=O)c1ccc(NCCO)c(C(=O)N2[C@@H](C(=O)NC(c3ccc(C(F)(F)F)cc3F)C3CC3)C[C@H]3C[C@H]32)c1. The highest BCUT2D eigenvalue weighted by Crippen LogP contribution is 2.49. The van der Waals surface area contributed by atoms with E-state index in [9.17, 15) is 40.7 Å². The van der Waals surface area contributed by atoms with E-state index in [4.69, 9.17) is 0 Å². The number of benzene rings is 2. The number of aliphatic hydroxyl groups is 1. The number of fused-ring (bicyclic) bond motifs is 1. The van der Waals surface area contributed by atoms with Crippen LogP contribution in [0.1, 0.15) is 53.2 Å². The van der Waals surface area contributed by atoms with Crippen LogP contribution in [-0.2, 0) is 20.8 Å². The van der Waals surface area contributed by atoms with E-state index >= 15 is 0 Å². The molecule has 1 unspecified atom stereocenters. The van der Waals surface area contributed by atoms with Crippen molar-refractivity contribution >= 4 is 27.3 Å². The molecule has 2 aromatic rings. The van der Waals surface area contributed by atoms with Crippen LogP contribution in [0.25, 0.3) is 0 Å². The number of likely N-dealkylation sites (tertiary alicyclic amines) is 1. The minimum atomic E-state index is -4.71. The zero-order chi connectivity index (χ0) is 29.0. The van der Waals surface area contributed by atoms with E-state index in [0.29, 0.717) is 37.4 Å². The van der Waals surface area contributed by atoms with Gasteiger partial charge in [0.1, 0.15) is 11.9 Å². The van der Waals surface area contributed by atoms with Gasteiger partial charge in [-0.1, -0.05) is 6.07 Å². The maximum atomic E-state index is 14.8. The first kappa shape index (κ1) is 28.3. The molecular formula is C27H29F4N3O5S. The fourth-order valence-electron chi connectivity index (χ4n) is 5.48. The van der Waals surface area contributed by atoms with Gasteiger partial charge in [-0.05, 0) is 67.9 Å². The van der Waals surface area contributed by atoms with Gasteiger partial charge in [0, 0.05) is 30.1 Å². The number of nitrogens with zero attached hydrogens (tertiary/aromatic N) is 1. The minimum Gasteiger partial charge on any atom is -0.395 e. The fraction of sp³-hybridized carbons (Fsp3) is 0.481. The van der Waals surface area contributed by atoms with Crippen LogP contribution in [-0.4, -0.2) is 61.7 Å². The molecule has 40 heavy (non-hydrogen) atoms. The molecule has 1 saturated heterocycles. The maximum Gasteiger partial charge on any atom is 0.416 e. The molecule has 8 nitrogen and oxygen atoms in total. The molecular weight excluding hydrogens is 554 g/mol. The second-order valence-electron chi connectivity index (χ2n) is 10.7. The number of sulfone groups is 1. The first-order valence-corrected chi connectivity index (χ1v) is 14.9. The lowest BCUT2D eigenvalue weighted by molar-refractivity contribution is -0.137. The van der Waals surface area contributed by atoms with Gasteiger partial charge >= 0.3 is 6.18 Å². The van der Waals surface area contributed by atoms with Crippen molar-refractivity contribution in [1.82, 2.24) is 10.2 Å². The van der Waals surface area contributed by atoms with Crippen LogP contribution in [0.5, 0.6) is 0 Å². The van der Waals surface area contributed by atoms with Crippen molar-refractivity contribution in [3.8, 4) is 0 Å². The predicted octanol–water partition coefficient (Wildman–Crippen LogP) is 3.52. The number of anilines is 1. The molecule has 2 aliphatic carbocycles. The van der Waals surface area contributed by atoms with Gasteiger partial charge in [-0.25, -0.2) is 12.8 Å². The van der Waals surface area contributed by atoms with Gasteiger partial charge in [-0.3, -0.25) is 9.59 Å². The summed E-state index contributed by atoms with van der Waals surface area (Å²) in [6, 6.07) is 4.30. The number of hydrogen-bond donors (Lipinski definition) is 3. The first-order valence-electron chi connectivity index (χ1n) is 13.0. The third-order valence-corrected chi connectivity index (χ3v) is 8.88. The number of amides is 2. The molecule has 1 heterocycles. The normalized spacial score (nSPS) is 22.9. The Morgan fingerprint density at radius 2 is 1.85 bits per heavy atom. The molecule has 2 aromatic carbocycles. The van der Waals surface area contributed by atoms with Crippen LogP contribution in [0.15, 0.2) is 41.3 Å². The van der Waals surface area contributed by atoms with Crippen LogP contribution in [0.4, 0.5) is 23.2 Å². The molecule has 0 radical (unpaired) electrons. The Hall–Kier alpha value is -3.19. The summed E-state index contributed by atoms with van der Waals surface area (Å²) in [5.41, 5.74) is -0.822. The molecule has 216 valence electrons. The zero-order valence-corrected chi connectivity index (χ0v) is 22.4. The summed E-state index contributed by atoms with van der Waals surface area (Å²) in [5, 5.41) is 14.9. The van der Waals surface area contributed by atoms with Gasteiger partial charge in [-0.2, -0.15) is 13.2 Å². The number of rotatable bonds is 9. The third-order valence-electron chi connectivity index (χ3n) is 7.77. The fourth-order valence-corrected chi connectivity index (χ4v) is 6.13. The van der Waals surface area contributed by atoms with E-state index in [-0.39, 0.29) is 47.1 Å². The highest BCUT2D eigenvalue weighted by atomic mass is 32.2. The van der Waals surface area contributed by atoms with Gasteiger partial charge in [0.15, 0.2) is 9.84 Å². The van der Waals surface area contributed by atoms with E-state index in [1.54, 1.807) is 0 Å². The standard InChI is InChI=1S/C27H29F4N3O5S/c1-40(38,39)17-5-7-21(32-8-9-35)19(13-17)26(37)34-22-10-15(22)11-23(34)25(36)33-24(14-2-3-14)18-6-4-16(12-20(18)28)27(29,30)31/h4-7,12-15,22-24,32,35H,2-3,8-11H2,1H3,(H,33,36)/t15-,22-,23-,24?/m1/s1. The molecule has 5 rings (SSSR count). The van der Waals surface area contributed by atoms with Crippen LogP contribution in [0, 0.1) is 17.7 Å². The molecule has 3 N–H and O–H groups in total. The van der Waals surface area contributed by atoms with Crippen LogP contribution >= 0.6 is 0 Å². The molecule has 3 aliphatic rings. The van der Waals surface area contributed by atoms with Crippen molar-refractivity contribution in [2.45, 2.75) is 54.9 Å². The smallest absolute Gasteiger partial charge is 0.395 e. The van der Waals surface area contributed by atoms with E-state index in [0.717, 1.165) is 18.4 Å². The number of alkyl halides is 3. The van der Waals surface area contributed by atoms with E-state index in [2.05, 4.69) is 10.6 Å². The Bertz CT molecular complexity index is 1440. The summed E-state index contributed by atoms with van der Waals surface area (Å²) in [4.78, 5) is 28.7. The predicted molar refractivity (Wildman–Crippen MR) is 137 cm³/mol. The number of nitrogens with one attached hydrogen (secondary N) is 2. The Morgan fingerprint density at radius 3 is 2.45 bits per heavy atom. The first-order chi connectivity index (χ1) is 18.8. The van der Waals surface area contributed by atoms with E-state index < -0.39 is 51.3 Å². The molecule has 1 aliphatic heterocycles. The number of carbonyl (C=O) groups is 2. The van der Waals surface area contributed by atoms with Crippen molar-refractivity contribution in [3.05, 3.63) is 58.9 Å². The van der Waals surface area contributed by atoms with Gasteiger partial charge in [-0.15, -0.1) is 0 Å². The Morgan fingerprint density at radius 1 is 1.12 bits per heavy atom. The number of hydrogen-bond acceptors (Lipinski definition) is 6. The lowest BCUT2D eigenvalue weighted by Gasteiger charge is -2.30. The molecule has 0 bridgehead atoms. The number of aliphatic hydroxyl groups excluding tert-OH is 1. The van der Waals surface area contributed by atoms with Gasteiger partial charge in [0.05, 0.1) is 28.7 Å². The Kier molecular flexibility index (Phi) is 7.32. The van der Waals surface area contributed by atoms with E-state index in [1.165, 1.54) is 23.1 Å². The van der Waals surface area contributed by atoms with Crippen molar-refractivity contribution < 1.29 is 40.7 Å². The molecule has 4 atom stereocenters. The second-order valence-corrected chi connectivity index (χ2v) is 12.7. The van der Waals surface area contributed by atoms with Crippen molar-refractivity contribution in [1.29, 1.82) is 0 Å². The number of piperidine rings is 1. The number of halogens is 4. The number of carbonyl (C=O) groups excluding carboxylic acids is 2. The molecule has 2 saturated carbocycles. The van der Waals surface area contributed by atoms with Crippen LogP contribution in [0.3, 0.4) is 0 Å². The molecule has 0 spiro atoms. The van der Waals surface area contributed by atoms with Gasteiger partial charge < -0.3 is 20.6 Å². The largest absolute Gasteiger partial charge is 0.416 e. The average molecular weight is 584 g/mol. The minimum absolute atomic E-state index is 0.0363. The molecule has 2 amide bonds. The Balaban J connectivity index is 1.42. The van der Waals surface area contributed by atoms with Crippen LogP contribution < -0.4 is 10.6 Å². The summed E-state index contributed by atoms with van der Waals surface area (Å²) in [5.74, 6) is -2.23. The molecule has 13 heteroatoms. The lowest BCUT2D eigenvalue weighted by atomic mass is 9.98. The van der Waals surface area contributed by atoms with Gasteiger partial charge in [0.25, 0.3) is 5.91 Å². The maximum absolute atomic E-state index is 14.8. The van der Waals surface area contributed by atoms with Crippen LogP contribution in [0.2, 0.25) is 0 Å². The highest BCUT2D eigenvalue weighted by Gasteiger charge is 2.56. The third kappa shape index (κ3) is 5.67. The van der Waals surface area contributed by atoms with E-state index in [1.807, 2.05) is 0 Å². The molecule has 3 fully saturated rings. The van der Waals surface area contributed by atoms with Crippen molar-refractivity contribution in [3.63, 3.8) is 0 Å². The monoisotopic (exact) mass is 583 g/mol. The summed E-state index contributed by atoms with van der Waals surface area (Å²) in [7, 11) is -3.65. The summed E-state index contributed by atoms with van der Waals surface area (Å²) < 4.78 is 78.4. The highest BCUT2D eigenvalue weighted by molar-refractivity contribution is 7.90. The average Bonchev–Trinajstić information content (AvgIpc) is 3.82. The second kappa shape index (κ2) is 10.3. The summed E-state index contributed by atoms with van der Waals surface area (Å²) >= 11 is 0. The molecule has 0 aromatic heterocycles. The quantitative estimate of drug-likeness (QED) is 0.389. The zero-order valence-electron chi connectivity index (χ0n) is 21.5. The van der Waals surface area contributed by atoms with Crippen molar-refractivity contribution in [2.24, 2.45) is 11.8 Å². The summed E-state index contributed by atoms with van der Waals surface area (Å²) in [6.45, 7) is -0.125. The summed E-state index contributed by atoms with van der Waals surface area (Å²) in [6.07, 6.45) is -1.31.